The van der Waals surface area contributed by atoms with Crippen LogP contribution < -0.4 is 20.7 Å². The third-order valence-corrected chi connectivity index (χ3v) is 4.84. The Morgan fingerprint density at radius 2 is 1.08 bits per heavy atom. The summed E-state index contributed by atoms with van der Waals surface area (Å²) in [5.41, 5.74) is -4.27. The number of hydrogen-bond acceptors (Lipinski definition) is 13. The zero-order valence-corrected chi connectivity index (χ0v) is 32.9. The van der Waals surface area contributed by atoms with Gasteiger partial charge >= 0.3 is 30.5 Å². The minimum Gasteiger partial charge on any atom is -0.476 e. The van der Waals surface area contributed by atoms with Gasteiger partial charge in [0.15, 0.2) is 0 Å². The summed E-state index contributed by atoms with van der Waals surface area (Å²) in [6.45, 7) is 24.2. The lowest BCUT2D eigenvalue weighted by Crippen LogP contribution is -2.51. The smallest absolute Gasteiger partial charge is 0.437 e. The van der Waals surface area contributed by atoms with E-state index in [0.29, 0.717) is 0 Å². The first kappa shape index (κ1) is 44.9. The highest BCUT2D eigenvalue weighted by Gasteiger charge is 2.30. The summed E-state index contributed by atoms with van der Waals surface area (Å²) < 4.78 is 32.3. The van der Waals surface area contributed by atoms with Crippen molar-refractivity contribution >= 4 is 48.1 Å². The number of nitrogens with one attached hydrogen (secondary N) is 3. The van der Waals surface area contributed by atoms with Gasteiger partial charge in [-0.25, -0.2) is 38.8 Å². The zero-order valence-electron chi connectivity index (χ0n) is 32.9. The molecule has 0 radical (unpaired) electrons. The number of aromatic nitrogens is 1. The zero-order chi connectivity index (χ0) is 40.3. The van der Waals surface area contributed by atoms with Crippen molar-refractivity contribution in [3.63, 3.8) is 0 Å². The molecule has 1 heterocycles. The van der Waals surface area contributed by atoms with Gasteiger partial charge in [0.05, 0.1) is 18.4 Å². The normalized spacial score (nSPS) is 12.4. The van der Waals surface area contributed by atoms with Crippen LogP contribution in [0.25, 0.3) is 0 Å². The summed E-state index contributed by atoms with van der Waals surface area (Å²) in [6, 6.07) is 2.91. The van der Waals surface area contributed by atoms with Gasteiger partial charge < -0.3 is 28.4 Å². The average molecular weight is 738 g/mol. The summed E-state index contributed by atoms with van der Waals surface area (Å²) >= 11 is 0. The van der Waals surface area contributed by atoms with E-state index in [1.54, 1.807) is 104 Å². The van der Waals surface area contributed by atoms with Crippen molar-refractivity contribution in [1.29, 1.82) is 0 Å². The lowest BCUT2D eigenvalue weighted by Gasteiger charge is -2.28. The summed E-state index contributed by atoms with van der Waals surface area (Å²) in [4.78, 5) is 76.8. The van der Waals surface area contributed by atoms with Gasteiger partial charge in [-0.1, -0.05) is 0 Å². The van der Waals surface area contributed by atoms with E-state index in [1.165, 1.54) is 18.3 Å². The largest absolute Gasteiger partial charge is 0.476 e. The van der Waals surface area contributed by atoms with Crippen LogP contribution >= 0.6 is 0 Å². The number of aliphatic imine (C=N–C) groups is 2. The minimum absolute atomic E-state index is 0.0792. The van der Waals surface area contributed by atoms with Crippen LogP contribution in [0.2, 0.25) is 0 Å². The van der Waals surface area contributed by atoms with E-state index in [9.17, 15) is 24.0 Å². The molecule has 0 unspecified atom stereocenters. The molecule has 0 aliphatic rings. The molecular formula is C34H55N7O11. The van der Waals surface area contributed by atoms with Crippen LogP contribution in [0.3, 0.4) is 0 Å². The molecule has 0 saturated heterocycles. The number of nitrogens with zero attached hydrogens (tertiary/aromatic N) is 4. The van der Waals surface area contributed by atoms with Crippen LogP contribution in [0.15, 0.2) is 28.3 Å². The van der Waals surface area contributed by atoms with Crippen LogP contribution in [0.5, 0.6) is 5.88 Å². The maximum Gasteiger partial charge on any atom is 0.437 e. The predicted molar refractivity (Wildman–Crippen MR) is 192 cm³/mol. The monoisotopic (exact) mass is 737 g/mol. The second-order valence-corrected chi connectivity index (χ2v) is 16.1. The van der Waals surface area contributed by atoms with Gasteiger partial charge in [0.25, 0.3) is 0 Å². The highest BCUT2D eigenvalue weighted by molar-refractivity contribution is 6.05. The molecule has 0 bridgehead atoms. The average Bonchev–Trinajstić information content (AvgIpc) is 2.86. The Bertz CT molecular complexity index is 1440. The number of guanidine groups is 2. The molecule has 0 aliphatic heterocycles. The maximum absolute atomic E-state index is 13.3. The van der Waals surface area contributed by atoms with Crippen LogP contribution in [0.4, 0.5) is 29.7 Å². The molecule has 5 amide bonds. The number of hydrogen-bond donors (Lipinski definition) is 3. The summed E-state index contributed by atoms with van der Waals surface area (Å²) in [5, 5.41) is 7.08. The van der Waals surface area contributed by atoms with Gasteiger partial charge in [0, 0.05) is 6.07 Å². The number of rotatable bonds is 5. The molecule has 3 N–H and O–H groups in total. The van der Waals surface area contributed by atoms with Crippen molar-refractivity contribution in [2.24, 2.45) is 9.98 Å². The van der Waals surface area contributed by atoms with Crippen molar-refractivity contribution in [1.82, 2.24) is 25.8 Å². The van der Waals surface area contributed by atoms with Crippen LogP contribution in [0, 0.1) is 0 Å². The van der Waals surface area contributed by atoms with Crippen molar-refractivity contribution < 1.29 is 52.4 Å². The standard InChI is InChI=1S/C34H55N7O11/c1-30(2,3)48-25(42)37-23(38-26(43)49-31(4,5)6)36-21-16-17-22(35-20-21)47-19-18-41(29(46)52-34(13,14)15)24(39-27(44)50-32(7,8)9)40-28(45)51-33(10,11)12/h16-17,20H,18-19H2,1-15H3,(H,39,40,44,45)(H2,36,37,38,42,43). The SMILES string of the molecule is CC(C)(C)OC(=O)N=C(NC(=O)OC(C)(C)C)N(CCOc1ccc(N=C(NC(=O)OC(C)(C)C)NC(=O)OC(C)(C)C)cn1)C(=O)OC(C)(C)C. The lowest BCUT2D eigenvalue weighted by atomic mass is 10.2. The fraction of sp³-hybridized carbons (Fsp3) is 0.647. The molecule has 0 atom stereocenters. The van der Waals surface area contributed by atoms with Crippen LogP contribution in [0.1, 0.15) is 104 Å². The van der Waals surface area contributed by atoms with Crippen molar-refractivity contribution in [3.8, 4) is 5.88 Å². The Kier molecular flexibility index (Phi) is 15.4. The van der Waals surface area contributed by atoms with Gasteiger partial charge in [-0.2, -0.15) is 0 Å². The van der Waals surface area contributed by atoms with Gasteiger partial charge in [-0.15, -0.1) is 4.99 Å². The second kappa shape index (κ2) is 17.9. The molecule has 52 heavy (non-hydrogen) atoms. The molecular weight excluding hydrogens is 682 g/mol. The maximum atomic E-state index is 13.3. The molecule has 0 aromatic carbocycles. The summed E-state index contributed by atoms with van der Waals surface area (Å²) in [7, 11) is 0. The molecule has 0 aliphatic carbocycles. The minimum atomic E-state index is -1.09. The molecule has 1 aromatic heterocycles. The Morgan fingerprint density at radius 3 is 1.48 bits per heavy atom. The van der Waals surface area contributed by atoms with Crippen molar-refractivity contribution in [2.75, 3.05) is 13.2 Å². The van der Waals surface area contributed by atoms with Crippen LogP contribution in [-0.4, -0.2) is 93.4 Å². The second-order valence-electron chi connectivity index (χ2n) is 16.1. The fourth-order valence-corrected chi connectivity index (χ4v) is 3.30. The lowest BCUT2D eigenvalue weighted by molar-refractivity contribution is 0.0337. The molecule has 18 nitrogen and oxygen atoms in total. The molecule has 0 spiro atoms. The number of ether oxygens (including phenoxy) is 6. The van der Waals surface area contributed by atoms with Gasteiger partial charge in [-0.3, -0.25) is 16.0 Å². The summed E-state index contributed by atoms with van der Waals surface area (Å²) in [6.07, 6.45) is -3.51. The number of amides is 5. The Labute approximate surface area is 305 Å². The molecule has 1 rings (SSSR count). The number of alkyl carbamates (subject to hydrolysis) is 3. The third-order valence-electron chi connectivity index (χ3n) is 4.84. The molecule has 292 valence electrons. The van der Waals surface area contributed by atoms with E-state index in [1.807, 2.05) is 0 Å². The first-order valence-electron chi connectivity index (χ1n) is 16.4. The fourth-order valence-electron chi connectivity index (χ4n) is 3.30. The van der Waals surface area contributed by atoms with E-state index in [4.69, 9.17) is 28.4 Å². The molecule has 0 fully saturated rings. The Hall–Kier alpha value is -5.16. The highest BCUT2D eigenvalue weighted by Crippen LogP contribution is 2.17. The van der Waals surface area contributed by atoms with E-state index in [0.717, 1.165) is 4.90 Å². The number of carbonyl (C=O) groups is 5. The summed E-state index contributed by atoms with van der Waals surface area (Å²) in [5.74, 6) is -0.738. The Balaban J connectivity index is 3.34. The van der Waals surface area contributed by atoms with Gasteiger partial charge in [0.2, 0.25) is 17.8 Å². The van der Waals surface area contributed by atoms with Gasteiger partial charge in [0.1, 0.15) is 34.6 Å². The highest BCUT2D eigenvalue weighted by atomic mass is 16.6. The predicted octanol–water partition coefficient (Wildman–Crippen LogP) is 6.55. The quantitative estimate of drug-likeness (QED) is 0.166. The van der Waals surface area contributed by atoms with E-state index in [-0.39, 0.29) is 30.7 Å². The number of pyridine rings is 1. The molecule has 0 saturated carbocycles. The van der Waals surface area contributed by atoms with Crippen LogP contribution in [-0.2, 0) is 23.7 Å². The third kappa shape index (κ3) is 21.1. The molecule has 1 aromatic rings. The number of carbonyl (C=O) groups excluding carboxylic acids is 5. The Morgan fingerprint density at radius 1 is 0.635 bits per heavy atom. The first-order chi connectivity index (χ1) is 23.4. The van der Waals surface area contributed by atoms with E-state index < -0.39 is 64.4 Å². The van der Waals surface area contributed by atoms with E-state index >= 15 is 0 Å². The molecule has 18 heteroatoms. The van der Waals surface area contributed by atoms with Crippen molar-refractivity contribution in [3.05, 3.63) is 18.3 Å². The topological polar surface area (TPSA) is 218 Å². The van der Waals surface area contributed by atoms with Crippen molar-refractivity contribution in [2.45, 2.75) is 132 Å². The first-order valence-corrected chi connectivity index (χ1v) is 16.4. The van der Waals surface area contributed by atoms with E-state index in [2.05, 4.69) is 30.9 Å². The van der Waals surface area contributed by atoms with Gasteiger partial charge in [-0.05, 0) is 110 Å².